The summed E-state index contributed by atoms with van der Waals surface area (Å²) in [5.74, 6) is -0.181. The molecular weight excluding hydrogens is 243 g/mol. The molecule has 0 spiro atoms. The Morgan fingerprint density at radius 3 is 3.00 bits per heavy atom. The van der Waals surface area contributed by atoms with Gasteiger partial charge in [-0.1, -0.05) is 25.1 Å². The van der Waals surface area contributed by atoms with Crippen molar-refractivity contribution in [2.45, 2.75) is 31.9 Å². The molecule has 0 saturated carbocycles. The fraction of sp³-hybridized carbons (Fsp3) is 0.600. The van der Waals surface area contributed by atoms with E-state index in [1.165, 1.54) is 6.07 Å². The summed E-state index contributed by atoms with van der Waals surface area (Å²) >= 11 is 0. The van der Waals surface area contributed by atoms with Gasteiger partial charge < -0.3 is 10.5 Å². The second-order valence-corrected chi connectivity index (χ2v) is 5.17. The maximum absolute atomic E-state index is 13.6. The molecule has 2 unspecified atom stereocenters. The van der Waals surface area contributed by atoms with Gasteiger partial charge in [0.2, 0.25) is 0 Å². The minimum Gasteiger partial charge on any atom is -0.374 e. The maximum atomic E-state index is 13.6. The fourth-order valence-electron chi connectivity index (χ4n) is 2.56. The van der Waals surface area contributed by atoms with Crippen molar-refractivity contribution in [3.63, 3.8) is 0 Å². The van der Waals surface area contributed by atoms with E-state index >= 15 is 0 Å². The second kappa shape index (κ2) is 6.98. The monoisotopic (exact) mass is 266 g/mol. The van der Waals surface area contributed by atoms with Crippen LogP contribution < -0.4 is 5.73 Å². The molecule has 1 aliphatic rings. The van der Waals surface area contributed by atoms with Crippen LogP contribution >= 0.6 is 0 Å². The summed E-state index contributed by atoms with van der Waals surface area (Å²) in [6.45, 7) is 5.78. The lowest BCUT2D eigenvalue weighted by Crippen LogP contribution is -2.51. The summed E-state index contributed by atoms with van der Waals surface area (Å²) in [5.41, 5.74) is 6.86. The van der Waals surface area contributed by atoms with Crippen LogP contribution in [-0.2, 0) is 11.2 Å². The predicted octanol–water partition coefficient (Wildman–Crippen LogP) is 1.81. The van der Waals surface area contributed by atoms with Crippen molar-refractivity contribution in [1.29, 1.82) is 0 Å². The normalized spacial score (nSPS) is 22.4. The Bertz CT molecular complexity index is 397. The molecule has 2 rings (SSSR count). The summed E-state index contributed by atoms with van der Waals surface area (Å²) in [6, 6.07) is 6.66. The van der Waals surface area contributed by atoms with Gasteiger partial charge in [0.15, 0.2) is 0 Å². The lowest BCUT2D eigenvalue weighted by Gasteiger charge is -2.35. The Labute approximate surface area is 114 Å². The Morgan fingerprint density at radius 2 is 2.26 bits per heavy atom. The standard InChI is InChI=1S/C15H23FN2O/c1-2-7-18-8-9-19-15(11-18)14(17)10-12-5-3-4-6-13(12)16/h3-6,14-15H,2,7-11,17H2,1H3. The highest BCUT2D eigenvalue weighted by Gasteiger charge is 2.26. The van der Waals surface area contributed by atoms with E-state index in [2.05, 4.69) is 11.8 Å². The predicted molar refractivity (Wildman–Crippen MR) is 74.6 cm³/mol. The first kappa shape index (κ1) is 14.4. The molecule has 0 aromatic heterocycles. The molecule has 0 aliphatic carbocycles. The quantitative estimate of drug-likeness (QED) is 0.883. The topological polar surface area (TPSA) is 38.5 Å². The maximum Gasteiger partial charge on any atom is 0.126 e. The number of nitrogens with two attached hydrogens (primary N) is 1. The van der Waals surface area contributed by atoms with Gasteiger partial charge in [0.25, 0.3) is 0 Å². The number of rotatable bonds is 5. The molecule has 19 heavy (non-hydrogen) atoms. The lowest BCUT2D eigenvalue weighted by molar-refractivity contribution is -0.0401. The largest absolute Gasteiger partial charge is 0.374 e. The summed E-state index contributed by atoms with van der Waals surface area (Å²) in [4.78, 5) is 2.37. The number of halogens is 1. The van der Waals surface area contributed by atoms with Gasteiger partial charge >= 0.3 is 0 Å². The van der Waals surface area contributed by atoms with E-state index in [-0.39, 0.29) is 18.0 Å². The third-order valence-corrected chi connectivity index (χ3v) is 3.61. The molecule has 4 heteroatoms. The SMILES string of the molecule is CCCN1CCOC(C(N)Cc2ccccc2F)C1. The van der Waals surface area contributed by atoms with Gasteiger partial charge in [0, 0.05) is 19.1 Å². The van der Waals surface area contributed by atoms with Crippen molar-refractivity contribution in [1.82, 2.24) is 4.90 Å². The number of hydrogen-bond donors (Lipinski definition) is 1. The summed E-state index contributed by atoms with van der Waals surface area (Å²) in [5, 5.41) is 0. The van der Waals surface area contributed by atoms with E-state index in [1.54, 1.807) is 12.1 Å². The van der Waals surface area contributed by atoms with Gasteiger partial charge in [-0.2, -0.15) is 0 Å². The van der Waals surface area contributed by atoms with Crippen molar-refractivity contribution in [2.24, 2.45) is 5.73 Å². The Balaban J connectivity index is 1.92. The van der Waals surface area contributed by atoms with Gasteiger partial charge in [-0.15, -0.1) is 0 Å². The minimum atomic E-state index is -0.181. The van der Waals surface area contributed by atoms with Crippen molar-refractivity contribution in [3.8, 4) is 0 Å². The van der Waals surface area contributed by atoms with Gasteiger partial charge in [0.1, 0.15) is 5.82 Å². The van der Waals surface area contributed by atoms with E-state index in [0.717, 1.165) is 32.7 Å². The van der Waals surface area contributed by atoms with Crippen LogP contribution in [0.4, 0.5) is 4.39 Å². The smallest absolute Gasteiger partial charge is 0.126 e. The average molecular weight is 266 g/mol. The van der Waals surface area contributed by atoms with E-state index in [9.17, 15) is 4.39 Å². The third-order valence-electron chi connectivity index (χ3n) is 3.61. The fourth-order valence-corrected chi connectivity index (χ4v) is 2.56. The lowest BCUT2D eigenvalue weighted by atomic mass is 10.0. The zero-order valence-corrected chi connectivity index (χ0v) is 11.5. The summed E-state index contributed by atoms with van der Waals surface area (Å²) in [6.07, 6.45) is 1.66. The minimum absolute atomic E-state index is 0.0000869. The van der Waals surface area contributed by atoms with Crippen LogP contribution in [0.5, 0.6) is 0 Å². The highest BCUT2D eigenvalue weighted by molar-refractivity contribution is 5.18. The second-order valence-electron chi connectivity index (χ2n) is 5.17. The summed E-state index contributed by atoms with van der Waals surface area (Å²) < 4.78 is 19.3. The molecule has 1 saturated heterocycles. The van der Waals surface area contributed by atoms with Crippen LogP contribution in [0.2, 0.25) is 0 Å². The molecule has 2 N–H and O–H groups in total. The summed E-state index contributed by atoms with van der Waals surface area (Å²) in [7, 11) is 0. The van der Waals surface area contributed by atoms with Gasteiger partial charge in [0.05, 0.1) is 12.7 Å². The molecule has 3 nitrogen and oxygen atoms in total. The van der Waals surface area contributed by atoms with E-state index < -0.39 is 0 Å². The first-order valence-corrected chi connectivity index (χ1v) is 7.03. The van der Waals surface area contributed by atoms with Gasteiger partial charge in [-0.25, -0.2) is 4.39 Å². The Kier molecular flexibility index (Phi) is 5.31. The molecule has 0 radical (unpaired) electrons. The molecule has 1 aromatic carbocycles. The van der Waals surface area contributed by atoms with Crippen molar-refractivity contribution in [2.75, 3.05) is 26.2 Å². The molecule has 106 valence electrons. The zero-order chi connectivity index (χ0) is 13.7. The number of benzene rings is 1. The first-order chi connectivity index (χ1) is 9.20. The molecular formula is C15H23FN2O. The highest BCUT2D eigenvalue weighted by Crippen LogP contribution is 2.14. The van der Waals surface area contributed by atoms with Crippen LogP contribution in [-0.4, -0.2) is 43.3 Å². The van der Waals surface area contributed by atoms with Crippen molar-refractivity contribution in [3.05, 3.63) is 35.6 Å². The van der Waals surface area contributed by atoms with E-state index in [4.69, 9.17) is 10.5 Å². The number of hydrogen-bond acceptors (Lipinski definition) is 3. The van der Waals surface area contributed by atoms with Gasteiger partial charge in [-0.3, -0.25) is 4.90 Å². The van der Waals surface area contributed by atoms with Gasteiger partial charge in [-0.05, 0) is 31.0 Å². The number of nitrogens with zero attached hydrogens (tertiary/aromatic N) is 1. The molecule has 1 fully saturated rings. The van der Waals surface area contributed by atoms with Crippen molar-refractivity contribution < 1.29 is 9.13 Å². The van der Waals surface area contributed by atoms with E-state index in [1.807, 2.05) is 6.07 Å². The Hall–Kier alpha value is -0.970. The van der Waals surface area contributed by atoms with Crippen LogP contribution in [0.25, 0.3) is 0 Å². The average Bonchev–Trinajstić information content (AvgIpc) is 2.42. The van der Waals surface area contributed by atoms with E-state index in [0.29, 0.717) is 12.0 Å². The molecule has 1 heterocycles. The molecule has 0 bridgehead atoms. The van der Waals surface area contributed by atoms with Crippen molar-refractivity contribution >= 4 is 0 Å². The highest BCUT2D eigenvalue weighted by atomic mass is 19.1. The first-order valence-electron chi connectivity index (χ1n) is 7.03. The molecule has 0 amide bonds. The molecule has 2 atom stereocenters. The third kappa shape index (κ3) is 4.00. The number of ether oxygens (including phenoxy) is 1. The Morgan fingerprint density at radius 1 is 1.47 bits per heavy atom. The molecule has 1 aliphatic heterocycles. The molecule has 1 aromatic rings. The zero-order valence-electron chi connectivity index (χ0n) is 11.5. The number of morpholine rings is 1. The van der Waals surface area contributed by atoms with Crippen LogP contribution in [0, 0.1) is 5.82 Å². The van der Waals surface area contributed by atoms with Crippen LogP contribution in [0.3, 0.4) is 0 Å². The van der Waals surface area contributed by atoms with Crippen LogP contribution in [0.1, 0.15) is 18.9 Å². The van der Waals surface area contributed by atoms with Crippen LogP contribution in [0.15, 0.2) is 24.3 Å².